The number of aryl methyl sites for hydroxylation is 1. The summed E-state index contributed by atoms with van der Waals surface area (Å²) in [5.74, 6) is 0.333. The molecule has 0 bridgehead atoms. The van der Waals surface area contributed by atoms with Crippen LogP contribution >= 0.6 is 0 Å². The molecular weight excluding hydrogens is 270 g/mol. The standard InChI is InChI=1S/C20H25NO/c1-16-7-9-17(10-8-16)13-19-15-21(12-11-20(19)22)14-18-5-3-2-4-6-18/h2-10,19-20,22H,11-15H2,1H3. The Hall–Kier alpha value is -1.64. The van der Waals surface area contributed by atoms with Gasteiger partial charge < -0.3 is 5.11 Å². The lowest BCUT2D eigenvalue weighted by Gasteiger charge is -2.36. The Morgan fingerprint density at radius 3 is 2.45 bits per heavy atom. The molecular formula is C20H25NO. The van der Waals surface area contributed by atoms with E-state index in [-0.39, 0.29) is 6.10 Å². The quantitative estimate of drug-likeness (QED) is 0.934. The molecule has 116 valence electrons. The predicted octanol–water partition coefficient (Wildman–Crippen LogP) is 3.42. The van der Waals surface area contributed by atoms with E-state index < -0.39 is 0 Å². The third kappa shape index (κ3) is 3.96. The zero-order chi connectivity index (χ0) is 15.4. The number of hydrogen-bond donors (Lipinski definition) is 1. The van der Waals surface area contributed by atoms with Crippen LogP contribution in [-0.2, 0) is 13.0 Å². The molecule has 1 aliphatic heterocycles. The number of hydrogen-bond acceptors (Lipinski definition) is 2. The number of aliphatic hydroxyl groups excluding tert-OH is 1. The first-order chi connectivity index (χ1) is 10.7. The second-order valence-electron chi connectivity index (χ2n) is 6.53. The van der Waals surface area contributed by atoms with Crippen molar-refractivity contribution in [3.8, 4) is 0 Å². The fourth-order valence-electron chi connectivity index (χ4n) is 3.31. The molecule has 2 nitrogen and oxygen atoms in total. The lowest BCUT2D eigenvalue weighted by Crippen LogP contribution is -2.43. The molecule has 0 aromatic heterocycles. The van der Waals surface area contributed by atoms with Gasteiger partial charge in [0.2, 0.25) is 0 Å². The molecule has 1 N–H and O–H groups in total. The summed E-state index contributed by atoms with van der Waals surface area (Å²) in [7, 11) is 0. The van der Waals surface area contributed by atoms with Crippen molar-refractivity contribution in [2.75, 3.05) is 13.1 Å². The maximum Gasteiger partial charge on any atom is 0.0596 e. The highest BCUT2D eigenvalue weighted by Crippen LogP contribution is 2.23. The largest absolute Gasteiger partial charge is 0.393 e. The monoisotopic (exact) mass is 295 g/mol. The van der Waals surface area contributed by atoms with Gasteiger partial charge in [-0.05, 0) is 30.9 Å². The minimum atomic E-state index is -0.173. The maximum atomic E-state index is 10.3. The zero-order valence-corrected chi connectivity index (χ0v) is 13.3. The summed E-state index contributed by atoms with van der Waals surface area (Å²) >= 11 is 0. The molecule has 0 saturated carbocycles. The summed E-state index contributed by atoms with van der Waals surface area (Å²) in [6.45, 7) is 5.06. The molecule has 0 spiro atoms. The third-order valence-electron chi connectivity index (χ3n) is 4.65. The predicted molar refractivity (Wildman–Crippen MR) is 90.7 cm³/mol. The molecule has 1 heterocycles. The molecule has 0 aliphatic carbocycles. The van der Waals surface area contributed by atoms with Gasteiger partial charge in [-0.15, -0.1) is 0 Å². The van der Waals surface area contributed by atoms with Crippen LogP contribution in [0.5, 0.6) is 0 Å². The van der Waals surface area contributed by atoms with Crippen LogP contribution in [0.25, 0.3) is 0 Å². The van der Waals surface area contributed by atoms with Gasteiger partial charge in [-0.1, -0.05) is 60.2 Å². The molecule has 22 heavy (non-hydrogen) atoms. The first kappa shape index (κ1) is 15.3. The number of aliphatic hydroxyl groups is 1. The number of nitrogens with zero attached hydrogens (tertiary/aromatic N) is 1. The second kappa shape index (κ2) is 7.08. The normalized spacial score (nSPS) is 22.6. The summed E-state index contributed by atoms with van der Waals surface area (Å²) in [5, 5.41) is 10.3. The molecule has 1 aliphatic rings. The van der Waals surface area contributed by atoms with Gasteiger partial charge in [-0.3, -0.25) is 4.90 Å². The van der Waals surface area contributed by atoms with Crippen molar-refractivity contribution in [1.29, 1.82) is 0 Å². The Kier molecular flexibility index (Phi) is 4.91. The van der Waals surface area contributed by atoms with Crippen molar-refractivity contribution in [3.63, 3.8) is 0 Å². The molecule has 3 rings (SSSR count). The Morgan fingerprint density at radius 2 is 1.73 bits per heavy atom. The lowest BCUT2D eigenvalue weighted by molar-refractivity contribution is 0.0239. The van der Waals surface area contributed by atoms with Crippen molar-refractivity contribution in [2.45, 2.75) is 32.4 Å². The summed E-state index contributed by atoms with van der Waals surface area (Å²) in [6, 6.07) is 19.3. The van der Waals surface area contributed by atoms with Crippen LogP contribution in [0.1, 0.15) is 23.1 Å². The number of piperidine rings is 1. The summed E-state index contributed by atoms with van der Waals surface area (Å²) < 4.78 is 0. The average Bonchev–Trinajstić information content (AvgIpc) is 2.54. The van der Waals surface area contributed by atoms with E-state index in [4.69, 9.17) is 0 Å². The van der Waals surface area contributed by atoms with Crippen LogP contribution in [0.4, 0.5) is 0 Å². The second-order valence-corrected chi connectivity index (χ2v) is 6.53. The minimum Gasteiger partial charge on any atom is -0.393 e. The summed E-state index contributed by atoms with van der Waals surface area (Å²) in [5.41, 5.74) is 3.97. The molecule has 1 saturated heterocycles. The van der Waals surface area contributed by atoms with Gasteiger partial charge >= 0.3 is 0 Å². The highest BCUT2D eigenvalue weighted by atomic mass is 16.3. The smallest absolute Gasteiger partial charge is 0.0596 e. The first-order valence-corrected chi connectivity index (χ1v) is 8.20. The number of likely N-dealkylation sites (tertiary alicyclic amines) is 1. The molecule has 2 atom stereocenters. The van der Waals surface area contributed by atoms with Crippen LogP contribution < -0.4 is 0 Å². The average molecular weight is 295 g/mol. The van der Waals surface area contributed by atoms with E-state index in [2.05, 4.69) is 66.4 Å². The van der Waals surface area contributed by atoms with Crippen molar-refractivity contribution in [1.82, 2.24) is 4.90 Å². The molecule has 2 unspecified atom stereocenters. The van der Waals surface area contributed by atoms with Gasteiger partial charge in [0.05, 0.1) is 6.10 Å². The molecule has 0 amide bonds. The van der Waals surface area contributed by atoms with E-state index in [9.17, 15) is 5.11 Å². The van der Waals surface area contributed by atoms with Crippen LogP contribution in [0, 0.1) is 12.8 Å². The van der Waals surface area contributed by atoms with E-state index in [1.54, 1.807) is 0 Å². The topological polar surface area (TPSA) is 23.5 Å². The van der Waals surface area contributed by atoms with E-state index in [1.165, 1.54) is 16.7 Å². The van der Waals surface area contributed by atoms with Gasteiger partial charge in [0, 0.05) is 25.6 Å². The molecule has 2 heteroatoms. The maximum absolute atomic E-state index is 10.3. The summed E-state index contributed by atoms with van der Waals surface area (Å²) in [6.07, 6.45) is 1.67. The van der Waals surface area contributed by atoms with Gasteiger partial charge in [0.1, 0.15) is 0 Å². The Labute approximate surface area is 133 Å². The van der Waals surface area contributed by atoms with E-state index in [0.717, 1.165) is 32.5 Å². The van der Waals surface area contributed by atoms with Crippen LogP contribution in [0.3, 0.4) is 0 Å². The summed E-state index contributed by atoms with van der Waals surface area (Å²) in [4.78, 5) is 2.47. The van der Waals surface area contributed by atoms with Crippen LogP contribution in [-0.4, -0.2) is 29.2 Å². The molecule has 1 fully saturated rings. The van der Waals surface area contributed by atoms with Gasteiger partial charge in [-0.2, -0.15) is 0 Å². The Bertz CT molecular complexity index is 578. The zero-order valence-electron chi connectivity index (χ0n) is 13.3. The fraction of sp³-hybridized carbons (Fsp3) is 0.400. The SMILES string of the molecule is Cc1ccc(CC2CN(Cc3ccccc3)CCC2O)cc1. The highest BCUT2D eigenvalue weighted by molar-refractivity contribution is 5.22. The van der Waals surface area contributed by atoms with Gasteiger partial charge in [0.25, 0.3) is 0 Å². The van der Waals surface area contributed by atoms with Crippen molar-refractivity contribution in [3.05, 3.63) is 71.3 Å². The lowest BCUT2D eigenvalue weighted by atomic mass is 9.88. The third-order valence-corrected chi connectivity index (χ3v) is 4.65. The Balaban J connectivity index is 1.62. The Morgan fingerprint density at radius 1 is 1.00 bits per heavy atom. The first-order valence-electron chi connectivity index (χ1n) is 8.20. The fourth-order valence-corrected chi connectivity index (χ4v) is 3.31. The van der Waals surface area contributed by atoms with E-state index >= 15 is 0 Å². The van der Waals surface area contributed by atoms with E-state index in [0.29, 0.717) is 5.92 Å². The highest BCUT2D eigenvalue weighted by Gasteiger charge is 2.27. The van der Waals surface area contributed by atoms with E-state index in [1.807, 2.05) is 0 Å². The van der Waals surface area contributed by atoms with Crippen LogP contribution in [0.2, 0.25) is 0 Å². The molecule has 2 aromatic rings. The van der Waals surface area contributed by atoms with Crippen molar-refractivity contribution in [2.24, 2.45) is 5.92 Å². The molecule has 2 aromatic carbocycles. The van der Waals surface area contributed by atoms with Gasteiger partial charge in [0.15, 0.2) is 0 Å². The minimum absolute atomic E-state index is 0.173. The van der Waals surface area contributed by atoms with Crippen LogP contribution in [0.15, 0.2) is 54.6 Å². The van der Waals surface area contributed by atoms with Crippen molar-refractivity contribution < 1.29 is 5.11 Å². The number of rotatable bonds is 4. The molecule has 0 radical (unpaired) electrons. The van der Waals surface area contributed by atoms with Gasteiger partial charge in [-0.25, -0.2) is 0 Å². The van der Waals surface area contributed by atoms with Crippen molar-refractivity contribution >= 4 is 0 Å². The number of benzene rings is 2.